The lowest BCUT2D eigenvalue weighted by Crippen LogP contribution is -2.29. The highest BCUT2D eigenvalue weighted by Gasteiger charge is 2.23. The van der Waals surface area contributed by atoms with E-state index in [1.165, 1.54) is 24.0 Å². The van der Waals surface area contributed by atoms with Crippen LogP contribution in [0.25, 0.3) is 44.3 Å². The van der Waals surface area contributed by atoms with Crippen LogP contribution < -0.4 is 40.5 Å². The number of hydrogen-bond donors (Lipinski definition) is 6. The molecule has 0 unspecified atom stereocenters. The monoisotopic (exact) mass is 1120 g/mol. The number of H-pyrrole nitrogens is 2. The second-order valence-corrected chi connectivity index (χ2v) is 22.6. The minimum atomic E-state index is -3.42. The van der Waals surface area contributed by atoms with Gasteiger partial charge in [-0.2, -0.15) is 0 Å². The molecule has 4 aromatic heterocycles. The number of ether oxygens (including phenoxy) is 2. The molecule has 0 atom stereocenters. The van der Waals surface area contributed by atoms with Crippen LogP contribution >= 0.6 is 0 Å². The highest BCUT2D eigenvalue weighted by Crippen LogP contribution is 2.41. The Morgan fingerprint density at radius 2 is 1.06 bits per heavy atom. The normalized spacial score (nSPS) is 11.3. The number of aromatic amines is 2. The molecule has 0 aliphatic rings. The molecule has 0 bridgehead atoms. The molecule has 8 rings (SSSR count). The molecule has 0 spiro atoms. The predicted molar refractivity (Wildman–Crippen MR) is 331 cm³/mol. The van der Waals surface area contributed by atoms with Crippen LogP contribution in [-0.4, -0.2) is 149 Å². The number of para-hydroxylation sites is 2. The first kappa shape index (κ1) is 61.4. The number of hydrogen-bond acceptors (Lipinski definition) is 16. The molecule has 0 radical (unpaired) electrons. The van der Waals surface area contributed by atoms with Gasteiger partial charge in [-0.1, -0.05) is 71.7 Å². The summed E-state index contributed by atoms with van der Waals surface area (Å²) in [5.41, 5.74) is 9.93. The van der Waals surface area contributed by atoms with Gasteiger partial charge in [-0.15, -0.1) is 0 Å². The lowest BCUT2D eigenvalue weighted by atomic mass is 9.85. The van der Waals surface area contributed by atoms with Crippen molar-refractivity contribution in [3.63, 3.8) is 0 Å². The molecule has 4 heterocycles. The fourth-order valence-electron chi connectivity index (χ4n) is 8.83. The van der Waals surface area contributed by atoms with E-state index in [0.717, 1.165) is 70.7 Å². The standard InChI is InChI=1S/C31H39N7O2.C28H33N7O4S.CH4/c1-9-28(39)34-24-17-25(27(40-8)18-26(24)38(7)16-15-37(5)6)36-30-32-14-13-23(35-30)21-19-33-29-20(21)11-10-12-22(29)31(2,3)4;1-7-26(36)31-21-15-22(24(39-5)16-23(21)35(4)14-13-34(2)3)33-28-29-12-11-20(32-28)19-17-30-27-18(19)9-8-10-25(27)40(6,37)38;/h9-14,17-19,33H,1,15-16H2,2-8H3,(H,34,39)(H,32,35,36);7-12,15-17,30H,1,13-14H2,2-6H3,(H,31,36)(H,29,32,33);1H4. The van der Waals surface area contributed by atoms with Crippen LogP contribution in [0.4, 0.5) is 46.0 Å². The first-order valence-corrected chi connectivity index (χ1v) is 27.6. The fourth-order valence-corrected chi connectivity index (χ4v) is 9.69. The maximum atomic E-state index is 12.3. The van der Waals surface area contributed by atoms with Crippen molar-refractivity contribution >= 4 is 89.5 Å². The summed E-state index contributed by atoms with van der Waals surface area (Å²) in [6, 6.07) is 22.4. The largest absolute Gasteiger partial charge is 0.494 e. The summed E-state index contributed by atoms with van der Waals surface area (Å²) < 4.78 is 35.9. The Kier molecular flexibility index (Phi) is 20.1. The van der Waals surface area contributed by atoms with Gasteiger partial charge in [0.15, 0.2) is 9.84 Å². The molecule has 0 saturated heterocycles. The molecule has 6 N–H and O–H groups in total. The summed E-state index contributed by atoms with van der Waals surface area (Å²) >= 11 is 0. The van der Waals surface area contributed by atoms with Gasteiger partial charge in [-0.05, 0) is 81.7 Å². The number of amides is 2. The van der Waals surface area contributed by atoms with Crippen LogP contribution in [0, 0.1) is 0 Å². The van der Waals surface area contributed by atoms with Gasteiger partial charge in [-0.25, -0.2) is 28.4 Å². The van der Waals surface area contributed by atoms with Crippen molar-refractivity contribution in [2.75, 3.05) is 120 Å². The molecule has 20 nitrogen and oxygen atoms in total. The maximum absolute atomic E-state index is 12.3. The highest BCUT2D eigenvalue weighted by atomic mass is 32.2. The summed E-state index contributed by atoms with van der Waals surface area (Å²) in [4.78, 5) is 57.9. The summed E-state index contributed by atoms with van der Waals surface area (Å²) in [5.74, 6) is 1.18. The third-order valence-corrected chi connectivity index (χ3v) is 14.2. The highest BCUT2D eigenvalue weighted by molar-refractivity contribution is 7.91. The molecular formula is C60H76N14O6S. The molecule has 81 heavy (non-hydrogen) atoms. The molecule has 0 aliphatic carbocycles. The number of methoxy groups -OCH3 is 2. The van der Waals surface area contributed by atoms with Crippen molar-refractivity contribution in [1.82, 2.24) is 39.7 Å². The van der Waals surface area contributed by atoms with Crippen molar-refractivity contribution < 1.29 is 27.5 Å². The van der Waals surface area contributed by atoms with Gasteiger partial charge in [0.05, 0.1) is 70.1 Å². The number of sulfone groups is 1. The average molecular weight is 1120 g/mol. The molecule has 0 fully saturated rings. The molecule has 428 valence electrons. The number of carbonyl (C=O) groups excluding carboxylic acids is 2. The third kappa shape index (κ3) is 14.9. The minimum absolute atomic E-state index is 0. The van der Waals surface area contributed by atoms with E-state index in [1.807, 2.05) is 83.7 Å². The Morgan fingerprint density at radius 1 is 0.630 bits per heavy atom. The van der Waals surface area contributed by atoms with E-state index in [4.69, 9.17) is 14.5 Å². The Labute approximate surface area is 475 Å². The number of anilines is 8. The summed E-state index contributed by atoms with van der Waals surface area (Å²) in [6.07, 6.45) is 10.7. The van der Waals surface area contributed by atoms with Crippen molar-refractivity contribution in [1.29, 1.82) is 0 Å². The molecule has 21 heteroatoms. The van der Waals surface area contributed by atoms with Gasteiger partial charge in [0.1, 0.15) is 11.5 Å². The van der Waals surface area contributed by atoms with E-state index >= 15 is 0 Å². The van der Waals surface area contributed by atoms with Gasteiger partial charge >= 0.3 is 0 Å². The van der Waals surface area contributed by atoms with Crippen LogP contribution in [0.3, 0.4) is 0 Å². The number of nitrogens with zero attached hydrogens (tertiary/aromatic N) is 8. The smallest absolute Gasteiger partial charge is 0.247 e. The zero-order chi connectivity index (χ0) is 58.1. The number of rotatable bonds is 21. The Morgan fingerprint density at radius 3 is 1.47 bits per heavy atom. The first-order valence-electron chi connectivity index (χ1n) is 25.7. The number of benzene rings is 4. The van der Waals surface area contributed by atoms with E-state index in [2.05, 4.69) is 113 Å². The number of carbonyl (C=O) groups is 2. The topological polar surface area (TPSA) is 231 Å². The summed E-state index contributed by atoms with van der Waals surface area (Å²) in [7, 11) is 11.7. The third-order valence-electron chi connectivity index (χ3n) is 13.1. The fraction of sp³-hybridized carbons (Fsp3) is 0.300. The van der Waals surface area contributed by atoms with Crippen molar-refractivity contribution in [3.05, 3.63) is 128 Å². The number of nitrogens with one attached hydrogen (secondary N) is 6. The van der Waals surface area contributed by atoms with Crippen LogP contribution in [0.2, 0.25) is 0 Å². The van der Waals surface area contributed by atoms with Crippen molar-refractivity contribution in [3.8, 4) is 34.0 Å². The predicted octanol–water partition coefficient (Wildman–Crippen LogP) is 10.3. The average Bonchev–Trinajstić information content (AvgIpc) is 4.30. The van der Waals surface area contributed by atoms with Crippen LogP contribution in [0.5, 0.6) is 11.5 Å². The summed E-state index contributed by atoms with van der Waals surface area (Å²) in [5, 5.41) is 14.1. The van der Waals surface area contributed by atoms with E-state index in [-0.39, 0.29) is 29.6 Å². The van der Waals surface area contributed by atoms with E-state index < -0.39 is 9.84 Å². The molecule has 4 aromatic carbocycles. The quantitative estimate of drug-likeness (QED) is 0.0368. The lowest BCUT2D eigenvalue weighted by molar-refractivity contribution is -0.112. The molecular weight excluding hydrogens is 1040 g/mol. The zero-order valence-electron chi connectivity index (χ0n) is 47.6. The van der Waals surface area contributed by atoms with Crippen molar-refractivity contribution in [2.24, 2.45) is 0 Å². The second kappa shape index (κ2) is 26.4. The van der Waals surface area contributed by atoms with Gasteiger partial charge in [0.2, 0.25) is 23.7 Å². The van der Waals surface area contributed by atoms with Gasteiger partial charge in [0, 0.05) is 111 Å². The molecule has 2 amide bonds. The Hall–Kier alpha value is -8.79. The van der Waals surface area contributed by atoms with Crippen LogP contribution in [-0.2, 0) is 24.8 Å². The molecule has 0 aliphatic heterocycles. The van der Waals surface area contributed by atoms with Gasteiger partial charge < -0.3 is 60.3 Å². The lowest BCUT2D eigenvalue weighted by Gasteiger charge is -2.26. The van der Waals surface area contributed by atoms with E-state index in [9.17, 15) is 18.0 Å². The Balaban J connectivity index is 0.000000258. The second-order valence-electron chi connectivity index (χ2n) is 20.6. The van der Waals surface area contributed by atoms with E-state index in [1.54, 1.807) is 57.1 Å². The zero-order valence-corrected chi connectivity index (χ0v) is 48.4. The SMILES string of the molecule is C.C=CC(=O)Nc1cc(Nc2nccc(-c3c[nH]c4c(C(C)(C)C)cccc34)n2)c(OC)cc1N(C)CCN(C)C.C=CC(=O)Nc1cc(Nc2nccc(-c3c[nH]c4c(S(C)(=O)=O)cccc34)n2)c(OC)cc1N(C)CCN(C)C. The number of aromatic nitrogens is 6. The summed E-state index contributed by atoms with van der Waals surface area (Å²) in [6.45, 7) is 16.9. The number of fused-ring (bicyclic) bond motifs is 2. The maximum Gasteiger partial charge on any atom is 0.247 e. The van der Waals surface area contributed by atoms with Crippen molar-refractivity contribution in [2.45, 2.75) is 38.5 Å². The van der Waals surface area contributed by atoms with Gasteiger partial charge in [-0.3, -0.25) is 9.59 Å². The van der Waals surface area contributed by atoms with Crippen LogP contribution in [0.1, 0.15) is 33.8 Å². The minimum Gasteiger partial charge on any atom is -0.494 e. The molecule has 0 saturated carbocycles. The van der Waals surface area contributed by atoms with E-state index in [0.29, 0.717) is 57.4 Å². The first-order chi connectivity index (χ1) is 38.0. The number of likely N-dealkylation sites (N-methyl/N-ethyl adjacent to an activating group) is 4. The van der Waals surface area contributed by atoms with Gasteiger partial charge in [0.25, 0.3) is 0 Å². The Bertz CT molecular complexity index is 3660. The molecule has 8 aromatic rings. The van der Waals surface area contributed by atoms with Crippen LogP contribution in [0.15, 0.2) is 128 Å².